The maximum atomic E-state index is 13.3. The molecular formula is C21H25FN5S+. The van der Waals surface area contributed by atoms with Crippen LogP contribution in [0.1, 0.15) is 5.56 Å². The lowest BCUT2D eigenvalue weighted by molar-refractivity contribution is -0.856. The Balaban J connectivity index is 1.79. The number of likely N-dealkylation sites (N-methyl/N-ethyl adjacent to an activating group) is 1. The van der Waals surface area contributed by atoms with E-state index in [4.69, 9.17) is 17.3 Å². The second-order valence-corrected chi connectivity index (χ2v) is 7.26. The molecule has 0 saturated heterocycles. The zero-order valence-corrected chi connectivity index (χ0v) is 16.9. The molecule has 0 amide bonds. The number of hydrogen-bond acceptors (Lipinski definition) is 2. The Morgan fingerprint density at radius 3 is 2.46 bits per heavy atom. The molecule has 0 aliphatic rings. The number of thiocarbonyl (C=S) groups is 1. The van der Waals surface area contributed by atoms with Gasteiger partial charge in [0.15, 0.2) is 5.11 Å². The van der Waals surface area contributed by atoms with E-state index in [0.29, 0.717) is 11.7 Å². The van der Waals surface area contributed by atoms with Gasteiger partial charge in [-0.1, -0.05) is 18.2 Å². The van der Waals surface area contributed by atoms with Crippen LogP contribution in [0.15, 0.2) is 60.8 Å². The Morgan fingerprint density at radius 2 is 1.79 bits per heavy atom. The molecule has 3 aromatic rings. The fourth-order valence-corrected chi connectivity index (χ4v) is 2.94. The van der Waals surface area contributed by atoms with Gasteiger partial charge in [0.1, 0.15) is 5.82 Å². The first-order valence-electron chi connectivity index (χ1n) is 9.23. The van der Waals surface area contributed by atoms with Crippen LogP contribution in [0.5, 0.6) is 0 Å². The highest BCUT2D eigenvalue weighted by atomic mass is 32.1. The molecule has 0 bridgehead atoms. The molecule has 7 heteroatoms. The summed E-state index contributed by atoms with van der Waals surface area (Å²) in [6, 6.07) is 16.3. The molecule has 0 saturated carbocycles. The van der Waals surface area contributed by atoms with Gasteiger partial charge in [-0.05, 0) is 48.6 Å². The monoisotopic (exact) mass is 398 g/mol. The summed E-state index contributed by atoms with van der Waals surface area (Å²) >= 11 is 5.37. The van der Waals surface area contributed by atoms with Gasteiger partial charge in [0.05, 0.1) is 38.6 Å². The third-order valence-electron chi connectivity index (χ3n) is 4.28. The number of quaternary nitrogens is 1. The van der Waals surface area contributed by atoms with Gasteiger partial charge in [0.25, 0.3) is 0 Å². The van der Waals surface area contributed by atoms with Crippen molar-refractivity contribution < 1.29 is 9.29 Å². The molecule has 5 nitrogen and oxygen atoms in total. The van der Waals surface area contributed by atoms with Crippen molar-refractivity contribution in [2.75, 3.05) is 27.2 Å². The molecule has 0 unspecified atom stereocenters. The maximum Gasteiger partial charge on any atom is 0.166 e. The molecule has 0 fully saturated rings. The Kier molecular flexibility index (Phi) is 6.73. The van der Waals surface area contributed by atoms with Gasteiger partial charge in [-0.3, -0.25) is 0 Å². The summed E-state index contributed by atoms with van der Waals surface area (Å²) in [7, 11) is 4.20. The summed E-state index contributed by atoms with van der Waals surface area (Å²) in [5, 5.41) is 11.8. The van der Waals surface area contributed by atoms with Crippen molar-refractivity contribution in [3.63, 3.8) is 0 Å². The molecule has 2 aromatic carbocycles. The van der Waals surface area contributed by atoms with Crippen molar-refractivity contribution in [1.82, 2.24) is 20.4 Å². The van der Waals surface area contributed by atoms with E-state index in [2.05, 4.69) is 24.7 Å². The highest BCUT2D eigenvalue weighted by Gasteiger charge is 2.13. The number of benzene rings is 2. The molecule has 3 N–H and O–H groups in total. The fraction of sp³-hybridized carbons (Fsp3) is 0.238. The number of para-hydroxylation sites is 1. The third-order valence-corrected chi connectivity index (χ3v) is 4.57. The average Bonchev–Trinajstić information content (AvgIpc) is 3.12. The van der Waals surface area contributed by atoms with Crippen molar-refractivity contribution in [3.8, 4) is 16.9 Å². The van der Waals surface area contributed by atoms with Gasteiger partial charge in [-0.25, -0.2) is 9.07 Å². The first kappa shape index (κ1) is 20.0. The van der Waals surface area contributed by atoms with E-state index in [0.717, 1.165) is 35.6 Å². The minimum absolute atomic E-state index is 0.265. The summed E-state index contributed by atoms with van der Waals surface area (Å²) in [5.74, 6) is -0.265. The Hall–Kier alpha value is -2.77. The SMILES string of the molecule is C[NH+](C)CCNC(=S)NCc1cn(-c2ccccc2)nc1-c1ccc(F)cc1. The van der Waals surface area contributed by atoms with Crippen molar-refractivity contribution in [2.24, 2.45) is 0 Å². The van der Waals surface area contributed by atoms with E-state index in [1.54, 1.807) is 12.1 Å². The van der Waals surface area contributed by atoms with E-state index in [1.165, 1.54) is 17.0 Å². The van der Waals surface area contributed by atoms with Gasteiger partial charge in [0.2, 0.25) is 0 Å². The third kappa shape index (κ3) is 5.37. The molecule has 1 aromatic heterocycles. The number of hydrogen-bond donors (Lipinski definition) is 3. The largest absolute Gasteiger partial charge is 0.359 e. The number of nitrogens with zero attached hydrogens (tertiary/aromatic N) is 2. The Bertz CT molecular complexity index is 906. The van der Waals surface area contributed by atoms with E-state index in [-0.39, 0.29) is 5.82 Å². The van der Waals surface area contributed by atoms with Gasteiger partial charge in [-0.2, -0.15) is 5.10 Å². The van der Waals surface area contributed by atoms with Crippen molar-refractivity contribution in [2.45, 2.75) is 6.54 Å². The maximum absolute atomic E-state index is 13.3. The quantitative estimate of drug-likeness (QED) is 0.531. The van der Waals surface area contributed by atoms with Crippen LogP contribution >= 0.6 is 12.2 Å². The highest BCUT2D eigenvalue weighted by molar-refractivity contribution is 7.80. The van der Waals surface area contributed by atoms with Crippen LogP contribution in [0.4, 0.5) is 4.39 Å². The zero-order chi connectivity index (χ0) is 19.9. The van der Waals surface area contributed by atoms with Crippen molar-refractivity contribution in [1.29, 1.82) is 0 Å². The van der Waals surface area contributed by atoms with Crippen LogP contribution in [0.2, 0.25) is 0 Å². The molecule has 0 spiro atoms. The van der Waals surface area contributed by atoms with Crippen LogP contribution in [-0.2, 0) is 6.54 Å². The van der Waals surface area contributed by atoms with E-state index < -0.39 is 0 Å². The molecule has 0 radical (unpaired) electrons. The first-order chi connectivity index (χ1) is 13.5. The lowest BCUT2D eigenvalue weighted by Crippen LogP contribution is -3.06. The van der Waals surface area contributed by atoms with Crippen LogP contribution < -0.4 is 15.5 Å². The summed E-state index contributed by atoms with van der Waals surface area (Å²) in [5.41, 5.74) is 3.62. The van der Waals surface area contributed by atoms with E-state index in [1.807, 2.05) is 41.2 Å². The zero-order valence-electron chi connectivity index (χ0n) is 16.1. The predicted molar refractivity (Wildman–Crippen MR) is 114 cm³/mol. The number of rotatable bonds is 7. The molecule has 0 aliphatic carbocycles. The highest BCUT2D eigenvalue weighted by Crippen LogP contribution is 2.24. The second kappa shape index (κ2) is 9.43. The predicted octanol–water partition coefficient (Wildman–Crippen LogP) is 1.79. The Morgan fingerprint density at radius 1 is 1.07 bits per heavy atom. The smallest absolute Gasteiger partial charge is 0.166 e. The van der Waals surface area contributed by atoms with Gasteiger partial charge in [-0.15, -0.1) is 0 Å². The summed E-state index contributed by atoms with van der Waals surface area (Å²) in [4.78, 5) is 1.36. The van der Waals surface area contributed by atoms with Crippen molar-refractivity contribution in [3.05, 3.63) is 72.2 Å². The second-order valence-electron chi connectivity index (χ2n) is 6.86. The van der Waals surface area contributed by atoms with Crippen LogP contribution in [0.25, 0.3) is 16.9 Å². The summed E-state index contributed by atoms with van der Waals surface area (Å²) in [6.07, 6.45) is 1.98. The lowest BCUT2D eigenvalue weighted by Gasteiger charge is -2.12. The summed E-state index contributed by atoms with van der Waals surface area (Å²) < 4.78 is 15.2. The fourth-order valence-electron chi connectivity index (χ4n) is 2.77. The summed E-state index contributed by atoms with van der Waals surface area (Å²) in [6.45, 7) is 2.32. The normalized spacial score (nSPS) is 10.9. The minimum Gasteiger partial charge on any atom is -0.359 e. The molecule has 0 aliphatic heterocycles. The number of nitrogens with one attached hydrogen (secondary N) is 3. The van der Waals surface area contributed by atoms with Gasteiger partial charge in [0, 0.05) is 23.9 Å². The van der Waals surface area contributed by atoms with Gasteiger partial charge < -0.3 is 15.5 Å². The van der Waals surface area contributed by atoms with Gasteiger partial charge >= 0.3 is 0 Å². The minimum atomic E-state index is -0.265. The molecular weight excluding hydrogens is 373 g/mol. The first-order valence-corrected chi connectivity index (χ1v) is 9.64. The van der Waals surface area contributed by atoms with Crippen LogP contribution in [-0.4, -0.2) is 42.1 Å². The van der Waals surface area contributed by atoms with Crippen molar-refractivity contribution >= 4 is 17.3 Å². The van der Waals surface area contributed by atoms with Crippen LogP contribution in [0, 0.1) is 5.82 Å². The standard InChI is InChI=1S/C21H24FN5S/c1-26(2)13-12-23-21(28)24-14-17-15-27(19-6-4-3-5-7-19)25-20(17)16-8-10-18(22)11-9-16/h3-11,15H,12-14H2,1-2H3,(H2,23,24,28)/p+1. The van der Waals surface area contributed by atoms with E-state index >= 15 is 0 Å². The molecule has 1 heterocycles. The number of halogens is 1. The molecule has 146 valence electrons. The van der Waals surface area contributed by atoms with E-state index in [9.17, 15) is 4.39 Å². The molecule has 28 heavy (non-hydrogen) atoms. The lowest BCUT2D eigenvalue weighted by atomic mass is 10.1. The average molecular weight is 399 g/mol. The molecule has 3 rings (SSSR count). The topological polar surface area (TPSA) is 46.3 Å². The Labute approximate surface area is 170 Å². The van der Waals surface area contributed by atoms with Crippen LogP contribution in [0.3, 0.4) is 0 Å². The molecule has 0 atom stereocenters. The number of aromatic nitrogens is 2.